The number of ether oxygens (including phenoxy) is 8. The first kappa shape index (κ1) is 70.2. The fourth-order valence-electron chi connectivity index (χ4n) is 8.10. The van der Waals surface area contributed by atoms with Crippen LogP contribution in [0, 0.1) is 43.3 Å². The Bertz CT molecular complexity index is 1030. The Morgan fingerprint density at radius 3 is 0.297 bits per heavy atom. The number of hydrogen-bond donors (Lipinski definition) is 0. The quantitative estimate of drug-likeness (QED) is 0.238. The van der Waals surface area contributed by atoms with Crippen molar-refractivity contribution in [2.24, 2.45) is 43.3 Å². The molecule has 0 unspecified atom stereocenters. The van der Waals surface area contributed by atoms with Crippen LogP contribution in [0.2, 0.25) is 0 Å². The molecule has 0 radical (unpaired) electrons. The van der Waals surface area contributed by atoms with Crippen molar-refractivity contribution in [1.82, 2.24) is 0 Å². The molecule has 8 atom stereocenters. The number of hydrogen-bond acceptors (Lipinski definition) is 8. The molecule has 0 aromatic heterocycles. The van der Waals surface area contributed by atoms with Gasteiger partial charge in [0.1, 0.15) is 0 Å². The molecule has 4 rings (SSSR count). The van der Waals surface area contributed by atoms with Crippen molar-refractivity contribution < 1.29 is 37.9 Å². The minimum absolute atomic E-state index is 0. The van der Waals surface area contributed by atoms with Gasteiger partial charge in [0.15, 0.2) is 23.1 Å². The summed E-state index contributed by atoms with van der Waals surface area (Å²) in [4.78, 5) is 0. The first-order chi connectivity index (χ1) is 25.7. The smallest absolute Gasteiger partial charge is 0.163 e. The molecule has 4 fully saturated rings. The summed E-state index contributed by atoms with van der Waals surface area (Å²) in [5.41, 5.74) is 0.934. The molecule has 0 aromatic rings. The van der Waals surface area contributed by atoms with E-state index in [0.29, 0.717) is 0 Å². The summed E-state index contributed by atoms with van der Waals surface area (Å²) in [6, 6.07) is 0. The van der Waals surface area contributed by atoms with Gasteiger partial charge in [0.2, 0.25) is 0 Å². The Morgan fingerprint density at radius 1 is 0.188 bits per heavy atom. The van der Waals surface area contributed by atoms with Gasteiger partial charge in [-0.25, -0.2) is 0 Å². The van der Waals surface area contributed by atoms with Crippen molar-refractivity contribution in [1.29, 1.82) is 0 Å². The SMILES string of the molecule is C.C.C.C.CC1(C)O[C@@H](C(C)(C)C)[C@@H](C(C)(C)C)O1.CC1(C)O[C@@H](C(C)(C)C)[C@@H](C(C)(C)C)O1.CC1(C)O[C@@H](C(C)(C)C)[C@H](C(C)(C)C)O1.CC1(C)O[C@H](C(C)(C)C)[C@@H](C(C)(C)C)O1. The molecule has 4 aliphatic heterocycles. The van der Waals surface area contributed by atoms with Crippen LogP contribution in [-0.2, 0) is 37.9 Å². The highest BCUT2D eigenvalue weighted by Gasteiger charge is 2.54. The van der Waals surface area contributed by atoms with E-state index < -0.39 is 23.1 Å². The highest BCUT2D eigenvalue weighted by Crippen LogP contribution is 2.48. The molecule has 8 nitrogen and oxygen atoms in total. The molecule has 4 aliphatic rings. The van der Waals surface area contributed by atoms with Gasteiger partial charge < -0.3 is 37.9 Å². The monoisotopic (exact) mass is 921 g/mol. The summed E-state index contributed by atoms with van der Waals surface area (Å²) >= 11 is 0. The van der Waals surface area contributed by atoms with Gasteiger partial charge in [-0.2, -0.15) is 0 Å². The van der Waals surface area contributed by atoms with E-state index in [1.807, 2.05) is 55.4 Å². The maximum absolute atomic E-state index is 6.03. The fourth-order valence-corrected chi connectivity index (χ4v) is 8.10. The summed E-state index contributed by atoms with van der Waals surface area (Å²) in [6.07, 6.45) is 1.28. The second-order valence-electron chi connectivity index (χ2n) is 28.8. The van der Waals surface area contributed by atoms with Crippen LogP contribution >= 0.6 is 0 Å². The van der Waals surface area contributed by atoms with E-state index in [9.17, 15) is 0 Å². The lowest BCUT2D eigenvalue weighted by atomic mass is 9.76. The fraction of sp³-hybridized carbons (Fsp3) is 1.00. The zero-order valence-electron chi connectivity index (χ0n) is 45.9. The first-order valence-electron chi connectivity index (χ1n) is 23.2. The molecule has 0 saturated carbocycles. The second-order valence-corrected chi connectivity index (χ2v) is 28.8. The Balaban J connectivity index is -0.000000367. The third kappa shape index (κ3) is 21.1. The standard InChI is InChI=1S/4C13H26O2.4CH4/c4*1-11(2,3)9-10(12(4,5)6)15-13(7,8)14-9;;;;/h4*9-10H,1-8H3;4*1H4/t2*9-,10+;2*9-,10-;;;;/m..10..../s1. The highest BCUT2D eigenvalue weighted by atomic mass is 16.8. The third-order valence-electron chi connectivity index (χ3n) is 11.2. The highest BCUT2D eigenvalue weighted by molar-refractivity contribution is 4.98. The average Bonchev–Trinajstić information content (AvgIpc) is 3.67. The molecule has 4 saturated heterocycles. The van der Waals surface area contributed by atoms with Crippen LogP contribution in [0.15, 0.2) is 0 Å². The van der Waals surface area contributed by atoms with E-state index in [1.165, 1.54) is 0 Å². The lowest BCUT2D eigenvalue weighted by Crippen LogP contribution is -2.42. The van der Waals surface area contributed by atoms with Crippen molar-refractivity contribution in [2.45, 2.75) is 323 Å². The maximum atomic E-state index is 6.03. The molecular weight excluding hydrogens is 801 g/mol. The van der Waals surface area contributed by atoms with Gasteiger partial charge in [0.25, 0.3) is 0 Å². The van der Waals surface area contributed by atoms with E-state index >= 15 is 0 Å². The lowest BCUT2D eigenvalue weighted by Gasteiger charge is -2.36. The maximum Gasteiger partial charge on any atom is 0.163 e. The molecule has 64 heavy (non-hydrogen) atoms. The zero-order chi connectivity index (χ0) is 48.3. The van der Waals surface area contributed by atoms with Crippen LogP contribution in [0.4, 0.5) is 0 Å². The van der Waals surface area contributed by atoms with Crippen LogP contribution in [-0.4, -0.2) is 72.0 Å². The van der Waals surface area contributed by atoms with Gasteiger partial charge in [0.05, 0.1) is 48.8 Å². The van der Waals surface area contributed by atoms with Crippen LogP contribution in [0.3, 0.4) is 0 Å². The van der Waals surface area contributed by atoms with Crippen LogP contribution in [0.1, 0.15) is 251 Å². The summed E-state index contributed by atoms with van der Waals surface area (Å²) in [7, 11) is 0. The Kier molecular flexibility index (Phi) is 24.3. The predicted molar refractivity (Wildman–Crippen MR) is 278 cm³/mol. The first-order valence-corrected chi connectivity index (χ1v) is 23.2. The molecule has 392 valence electrons. The number of rotatable bonds is 0. The van der Waals surface area contributed by atoms with Gasteiger partial charge in [-0.1, -0.05) is 196 Å². The summed E-state index contributed by atoms with van der Waals surface area (Å²) in [6.45, 7) is 69.0. The topological polar surface area (TPSA) is 73.8 Å². The Hall–Kier alpha value is -0.320. The van der Waals surface area contributed by atoms with Gasteiger partial charge in [0, 0.05) is 0 Å². The van der Waals surface area contributed by atoms with Crippen molar-refractivity contribution in [3.8, 4) is 0 Å². The zero-order valence-corrected chi connectivity index (χ0v) is 45.9. The van der Waals surface area contributed by atoms with Gasteiger partial charge in [-0.05, 0) is 98.7 Å². The largest absolute Gasteiger partial charge is 0.344 e. The Labute approximate surface area is 403 Å². The molecule has 0 aliphatic carbocycles. The average molecular weight is 922 g/mol. The molecule has 0 spiro atoms. The normalized spacial score (nSPS) is 30.0. The molecular formula is C56H120O8. The molecule has 0 bridgehead atoms. The van der Waals surface area contributed by atoms with Gasteiger partial charge in [-0.15, -0.1) is 0 Å². The lowest BCUT2D eigenvalue weighted by molar-refractivity contribution is -0.160. The molecule has 0 amide bonds. The van der Waals surface area contributed by atoms with Crippen LogP contribution < -0.4 is 0 Å². The second kappa shape index (κ2) is 22.2. The van der Waals surface area contributed by atoms with Crippen molar-refractivity contribution in [3.63, 3.8) is 0 Å². The molecule has 0 aromatic carbocycles. The summed E-state index contributed by atoms with van der Waals surface area (Å²) in [5.74, 6) is -1.79. The van der Waals surface area contributed by atoms with E-state index in [2.05, 4.69) is 166 Å². The van der Waals surface area contributed by atoms with Crippen molar-refractivity contribution in [2.75, 3.05) is 0 Å². The molecule has 0 N–H and O–H groups in total. The Morgan fingerprint density at radius 2 is 0.250 bits per heavy atom. The summed E-state index contributed by atoms with van der Waals surface area (Å²) < 4.78 is 48.2. The van der Waals surface area contributed by atoms with Gasteiger partial charge >= 0.3 is 0 Å². The van der Waals surface area contributed by atoms with Crippen molar-refractivity contribution in [3.05, 3.63) is 0 Å². The van der Waals surface area contributed by atoms with Gasteiger partial charge in [-0.3, -0.25) is 0 Å². The summed E-state index contributed by atoms with van der Waals surface area (Å²) in [5, 5.41) is 0. The minimum atomic E-state index is -0.449. The van der Waals surface area contributed by atoms with Crippen LogP contribution in [0.25, 0.3) is 0 Å². The van der Waals surface area contributed by atoms with E-state index in [-0.39, 0.29) is 122 Å². The molecule has 8 heteroatoms. The predicted octanol–water partition coefficient (Wildman–Crippen LogP) is 16.9. The van der Waals surface area contributed by atoms with E-state index in [0.717, 1.165) is 0 Å². The van der Waals surface area contributed by atoms with E-state index in [4.69, 9.17) is 37.9 Å². The minimum Gasteiger partial charge on any atom is -0.344 e. The van der Waals surface area contributed by atoms with E-state index in [1.54, 1.807) is 0 Å². The molecule has 4 heterocycles. The van der Waals surface area contributed by atoms with Crippen molar-refractivity contribution >= 4 is 0 Å². The van der Waals surface area contributed by atoms with Crippen LogP contribution in [0.5, 0.6) is 0 Å². The third-order valence-corrected chi connectivity index (χ3v) is 11.2.